The van der Waals surface area contributed by atoms with Crippen LogP contribution in [0, 0.1) is 0 Å². The molecule has 0 saturated heterocycles. The molecule has 1 atom stereocenters. The maximum absolute atomic E-state index is 12.6. The summed E-state index contributed by atoms with van der Waals surface area (Å²) in [7, 11) is 1.51. The van der Waals surface area contributed by atoms with Crippen LogP contribution >= 0.6 is 11.6 Å². The summed E-state index contributed by atoms with van der Waals surface area (Å²) in [5, 5.41) is 3.33. The zero-order chi connectivity index (χ0) is 22.0. The predicted molar refractivity (Wildman–Crippen MR) is 124 cm³/mol. The summed E-state index contributed by atoms with van der Waals surface area (Å²) in [6, 6.07) is 18.4. The number of nitrogens with one attached hydrogen (secondary N) is 1. The third kappa shape index (κ3) is 4.42. The summed E-state index contributed by atoms with van der Waals surface area (Å²) in [6.07, 6.45) is 1.07. The normalized spacial score (nSPS) is 12.0. The zero-order valence-corrected chi connectivity index (χ0v) is 18.4. The highest BCUT2D eigenvalue weighted by molar-refractivity contribution is 6.31. The van der Waals surface area contributed by atoms with Crippen molar-refractivity contribution in [2.75, 3.05) is 12.4 Å². The molecule has 0 bridgehead atoms. The van der Waals surface area contributed by atoms with Gasteiger partial charge in [0.05, 0.1) is 12.7 Å². The van der Waals surface area contributed by atoms with Gasteiger partial charge in [0.2, 0.25) is 5.89 Å². The lowest BCUT2D eigenvalue weighted by atomic mass is 9.98. The number of nitrogens with zero attached hydrogens (tertiary/aromatic N) is 1. The molecule has 0 aliphatic heterocycles. The highest BCUT2D eigenvalue weighted by Crippen LogP contribution is 2.29. The summed E-state index contributed by atoms with van der Waals surface area (Å²) < 4.78 is 11.2. The maximum Gasteiger partial charge on any atom is 0.259 e. The average Bonchev–Trinajstić information content (AvgIpc) is 3.22. The van der Waals surface area contributed by atoms with Gasteiger partial charge >= 0.3 is 0 Å². The van der Waals surface area contributed by atoms with Crippen LogP contribution in [0.5, 0.6) is 5.75 Å². The van der Waals surface area contributed by atoms with Crippen molar-refractivity contribution in [1.29, 1.82) is 0 Å². The van der Waals surface area contributed by atoms with Gasteiger partial charge in [0.15, 0.2) is 5.58 Å². The van der Waals surface area contributed by atoms with E-state index in [1.165, 1.54) is 12.7 Å². The van der Waals surface area contributed by atoms with E-state index in [0.29, 0.717) is 33.8 Å². The molecule has 6 heteroatoms. The van der Waals surface area contributed by atoms with Crippen LogP contribution in [0.25, 0.3) is 22.6 Å². The molecule has 4 rings (SSSR count). The Morgan fingerprint density at radius 3 is 2.61 bits per heavy atom. The number of carbonyl (C=O) groups is 1. The number of ether oxygens (including phenoxy) is 1. The first-order chi connectivity index (χ1) is 15.0. The van der Waals surface area contributed by atoms with Crippen LogP contribution in [0.1, 0.15) is 42.1 Å². The monoisotopic (exact) mass is 434 g/mol. The van der Waals surface area contributed by atoms with Crippen LogP contribution in [0.4, 0.5) is 5.69 Å². The second-order valence-electron chi connectivity index (χ2n) is 7.43. The predicted octanol–water partition coefficient (Wildman–Crippen LogP) is 6.92. The standard InChI is InChI=1S/C25H23ClN2O3/c1-4-15(2)17-7-11-23-21(13-17)28-25(31-23)16-5-9-19(10-6-16)27-24(29)20-14-18(26)8-12-22(20)30-3/h5-15H,4H2,1-3H3,(H,27,29). The molecule has 4 aromatic rings. The number of fused-ring (bicyclic) bond motifs is 1. The summed E-state index contributed by atoms with van der Waals surface area (Å²) in [6.45, 7) is 4.38. The molecule has 31 heavy (non-hydrogen) atoms. The lowest BCUT2D eigenvalue weighted by Crippen LogP contribution is -2.13. The Hall–Kier alpha value is -3.31. The van der Waals surface area contributed by atoms with E-state index in [1.807, 2.05) is 30.3 Å². The van der Waals surface area contributed by atoms with E-state index in [2.05, 4.69) is 36.3 Å². The van der Waals surface area contributed by atoms with Crippen molar-refractivity contribution in [3.63, 3.8) is 0 Å². The minimum atomic E-state index is -0.300. The van der Waals surface area contributed by atoms with E-state index >= 15 is 0 Å². The maximum atomic E-state index is 12.6. The quantitative estimate of drug-likeness (QED) is 0.357. The molecule has 5 nitrogen and oxygen atoms in total. The van der Waals surface area contributed by atoms with Gasteiger partial charge in [0.1, 0.15) is 11.3 Å². The fourth-order valence-corrected chi connectivity index (χ4v) is 3.53. The number of hydrogen-bond acceptors (Lipinski definition) is 4. The molecule has 0 spiro atoms. The summed E-state index contributed by atoms with van der Waals surface area (Å²) in [4.78, 5) is 17.3. The van der Waals surface area contributed by atoms with Crippen LogP contribution in [-0.4, -0.2) is 18.0 Å². The van der Waals surface area contributed by atoms with Gasteiger partial charge in [0, 0.05) is 16.3 Å². The Bertz CT molecular complexity index is 1230. The Morgan fingerprint density at radius 1 is 1.13 bits per heavy atom. The lowest BCUT2D eigenvalue weighted by Gasteiger charge is -2.10. The van der Waals surface area contributed by atoms with E-state index in [9.17, 15) is 4.79 Å². The van der Waals surface area contributed by atoms with Crippen molar-refractivity contribution in [1.82, 2.24) is 4.98 Å². The Balaban J connectivity index is 1.54. The molecule has 0 fully saturated rings. The van der Waals surface area contributed by atoms with Crippen molar-refractivity contribution < 1.29 is 13.9 Å². The smallest absolute Gasteiger partial charge is 0.259 e. The Labute approximate surface area is 186 Å². The van der Waals surface area contributed by atoms with Gasteiger partial charge in [-0.2, -0.15) is 0 Å². The van der Waals surface area contributed by atoms with Crippen LogP contribution < -0.4 is 10.1 Å². The molecule has 1 N–H and O–H groups in total. The lowest BCUT2D eigenvalue weighted by molar-refractivity contribution is 0.102. The number of halogens is 1. The number of amides is 1. The molecular formula is C25H23ClN2O3. The first kappa shape index (κ1) is 20.9. The molecule has 1 amide bonds. The number of aromatic nitrogens is 1. The highest BCUT2D eigenvalue weighted by Gasteiger charge is 2.14. The highest BCUT2D eigenvalue weighted by atomic mass is 35.5. The summed E-state index contributed by atoms with van der Waals surface area (Å²) in [5.41, 5.74) is 4.70. The van der Waals surface area contributed by atoms with Crippen molar-refractivity contribution in [3.8, 4) is 17.2 Å². The van der Waals surface area contributed by atoms with Gasteiger partial charge in [0.25, 0.3) is 5.91 Å². The fourth-order valence-electron chi connectivity index (χ4n) is 3.36. The summed E-state index contributed by atoms with van der Waals surface area (Å²) >= 11 is 6.03. The SMILES string of the molecule is CCC(C)c1ccc2oc(-c3ccc(NC(=O)c4cc(Cl)ccc4OC)cc3)nc2c1. The third-order valence-electron chi connectivity index (χ3n) is 5.39. The molecule has 1 aromatic heterocycles. The minimum Gasteiger partial charge on any atom is -0.496 e. The Morgan fingerprint density at radius 2 is 1.90 bits per heavy atom. The molecule has 0 aliphatic rings. The molecule has 0 radical (unpaired) electrons. The largest absolute Gasteiger partial charge is 0.496 e. The summed E-state index contributed by atoms with van der Waals surface area (Å²) in [5.74, 6) is 1.18. The third-order valence-corrected chi connectivity index (χ3v) is 5.62. The first-order valence-electron chi connectivity index (χ1n) is 10.1. The fraction of sp³-hybridized carbons (Fsp3) is 0.200. The molecule has 1 unspecified atom stereocenters. The number of oxazole rings is 1. The zero-order valence-electron chi connectivity index (χ0n) is 17.6. The molecule has 1 heterocycles. The van der Waals surface area contributed by atoms with Gasteiger partial charge in [-0.1, -0.05) is 31.5 Å². The van der Waals surface area contributed by atoms with E-state index in [0.717, 1.165) is 23.1 Å². The van der Waals surface area contributed by atoms with Gasteiger partial charge < -0.3 is 14.5 Å². The van der Waals surface area contributed by atoms with E-state index in [4.69, 9.17) is 20.8 Å². The van der Waals surface area contributed by atoms with E-state index < -0.39 is 0 Å². The number of rotatable bonds is 6. The molecule has 158 valence electrons. The van der Waals surface area contributed by atoms with E-state index in [1.54, 1.807) is 18.2 Å². The topological polar surface area (TPSA) is 64.4 Å². The van der Waals surface area contributed by atoms with Gasteiger partial charge in [-0.25, -0.2) is 4.98 Å². The average molecular weight is 435 g/mol. The van der Waals surface area contributed by atoms with Crippen LogP contribution in [-0.2, 0) is 0 Å². The number of methoxy groups -OCH3 is 1. The van der Waals surface area contributed by atoms with Crippen LogP contribution in [0.15, 0.2) is 65.1 Å². The first-order valence-corrected chi connectivity index (χ1v) is 10.5. The van der Waals surface area contributed by atoms with Gasteiger partial charge in [-0.15, -0.1) is 0 Å². The molecule has 0 aliphatic carbocycles. The van der Waals surface area contributed by atoms with Crippen molar-refractivity contribution >= 4 is 34.3 Å². The Kier molecular flexibility index (Phi) is 5.96. The van der Waals surface area contributed by atoms with Gasteiger partial charge in [-0.05, 0) is 72.5 Å². The minimum absolute atomic E-state index is 0.300. The number of carbonyl (C=O) groups excluding carboxylic acids is 1. The van der Waals surface area contributed by atoms with Crippen molar-refractivity contribution in [3.05, 3.63) is 76.8 Å². The molecular weight excluding hydrogens is 412 g/mol. The van der Waals surface area contributed by atoms with Crippen molar-refractivity contribution in [2.45, 2.75) is 26.2 Å². The van der Waals surface area contributed by atoms with Crippen molar-refractivity contribution in [2.24, 2.45) is 0 Å². The molecule has 3 aromatic carbocycles. The van der Waals surface area contributed by atoms with Gasteiger partial charge in [-0.3, -0.25) is 4.79 Å². The second kappa shape index (κ2) is 8.82. The number of anilines is 1. The molecule has 0 saturated carbocycles. The number of hydrogen-bond donors (Lipinski definition) is 1. The number of benzene rings is 3. The second-order valence-corrected chi connectivity index (χ2v) is 7.87. The van der Waals surface area contributed by atoms with Crippen LogP contribution in [0.2, 0.25) is 5.02 Å². The van der Waals surface area contributed by atoms with Crippen LogP contribution in [0.3, 0.4) is 0 Å². The van der Waals surface area contributed by atoms with E-state index in [-0.39, 0.29) is 5.91 Å².